The lowest BCUT2D eigenvalue weighted by Crippen LogP contribution is -2.55. The van der Waals surface area contributed by atoms with Gasteiger partial charge in [-0.15, -0.1) is 0 Å². The van der Waals surface area contributed by atoms with Gasteiger partial charge in [-0.25, -0.2) is 4.39 Å². The normalized spacial score (nSPS) is 15.1. The number of rotatable bonds is 4. The van der Waals surface area contributed by atoms with Gasteiger partial charge in [0.1, 0.15) is 11.6 Å². The molecule has 5 heteroatoms. The summed E-state index contributed by atoms with van der Waals surface area (Å²) in [7, 11) is 0. The van der Waals surface area contributed by atoms with Crippen LogP contribution in [0.25, 0.3) is 0 Å². The summed E-state index contributed by atoms with van der Waals surface area (Å²) >= 11 is 0. The van der Waals surface area contributed by atoms with E-state index in [1.807, 2.05) is 49.9 Å². The average molecular weight is 356 g/mol. The first kappa shape index (κ1) is 18.2. The van der Waals surface area contributed by atoms with Crippen molar-refractivity contribution in [3.8, 4) is 5.75 Å². The highest BCUT2D eigenvalue weighted by atomic mass is 19.1. The number of piperazine rings is 1. The van der Waals surface area contributed by atoms with E-state index < -0.39 is 5.60 Å². The molecule has 0 spiro atoms. The Bertz CT molecular complexity index is 766. The molecule has 1 aliphatic rings. The smallest absolute Gasteiger partial charge is 0.266 e. The standard InChI is InChI=1S/C21H25FN2O2/c1-16-5-4-6-19(15-16)26-21(2,3)20(25)24-13-11-23(12-14-24)18-9-7-17(22)8-10-18/h4-10,15H,11-14H2,1-3H3. The molecule has 0 aliphatic carbocycles. The molecule has 2 aromatic rings. The molecule has 0 saturated carbocycles. The number of anilines is 1. The van der Waals surface area contributed by atoms with Crippen LogP contribution in [0.2, 0.25) is 0 Å². The number of ether oxygens (including phenoxy) is 1. The zero-order valence-electron chi connectivity index (χ0n) is 15.5. The van der Waals surface area contributed by atoms with Gasteiger partial charge in [-0.3, -0.25) is 4.79 Å². The van der Waals surface area contributed by atoms with E-state index >= 15 is 0 Å². The summed E-state index contributed by atoms with van der Waals surface area (Å²) in [6.45, 7) is 8.30. The maximum Gasteiger partial charge on any atom is 0.266 e. The molecule has 1 saturated heterocycles. The molecule has 0 atom stereocenters. The van der Waals surface area contributed by atoms with Gasteiger partial charge in [0.05, 0.1) is 0 Å². The van der Waals surface area contributed by atoms with Crippen LogP contribution < -0.4 is 9.64 Å². The Hall–Kier alpha value is -2.56. The molecule has 1 amide bonds. The van der Waals surface area contributed by atoms with E-state index in [9.17, 15) is 9.18 Å². The minimum Gasteiger partial charge on any atom is -0.478 e. The summed E-state index contributed by atoms with van der Waals surface area (Å²) in [5, 5.41) is 0. The molecule has 0 radical (unpaired) electrons. The van der Waals surface area contributed by atoms with Crippen molar-refractivity contribution >= 4 is 11.6 Å². The van der Waals surface area contributed by atoms with Gasteiger partial charge in [0, 0.05) is 31.9 Å². The number of benzene rings is 2. The molecule has 0 bridgehead atoms. The van der Waals surface area contributed by atoms with E-state index in [0.29, 0.717) is 18.8 Å². The van der Waals surface area contributed by atoms with Crippen molar-refractivity contribution in [2.75, 3.05) is 31.1 Å². The van der Waals surface area contributed by atoms with Crippen molar-refractivity contribution in [3.63, 3.8) is 0 Å². The third-order valence-electron chi connectivity index (χ3n) is 4.64. The molecule has 1 fully saturated rings. The maximum absolute atomic E-state index is 13.1. The summed E-state index contributed by atoms with van der Waals surface area (Å²) in [6.07, 6.45) is 0. The summed E-state index contributed by atoms with van der Waals surface area (Å²) in [5.41, 5.74) is 1.15. The minimum absolute atomic E-state index is 0.0160. The van der Waals surface area contributed by atoms with E-state index in [0.717, 1.165) is 24.3 Å². The number of aryl methyl sites for hydroxylation is 1. The number of hydrogen-bond donors (Lipinski definition) is 0. The second-order valence-corrected chi connectivity index (χ2v) is 7.18. The lowest BCUT2D eigenvalue weighted by atomic mass is 10.1. The Balaban J connectivity index is 1.61. The first-order valence-corrected chi connectivity index (χ1v) is 8.91. The molecule has 3 rings (SSSR count). The van der Waals surface area contributed by atoms with Crippen molar-refractivity contribution < 1.29 is 13.9 Å². The summed E-state index contributed by atoms with van der Waals surface area (Å²) in [6, 6.07) is 14.2. The first-order chi connectivity index (χ1) is 12.3. The van der Waals surface area contributed by atoms with Crippen LogP contribution in [0.4, 0.5) is 10.1 Å². The van der Waals surface area contributed by atoms with Crippen molar-refractivity contribution in [2.24, 2.45) is 0 Å². The van der Waals surface area contributed by atoms with E-state index in [-0.39, 0.29) is 11.7 Å². The number of carbonyl (C=O) groups excluding carboxylic acids is 1. The zero-order valence-corrected chi connectivity index (χ0v) is 15.5. The Morgan fingerprint density at radius 3 is 2.31 bits per heavy atom. The fraction of sp³-hybridized carbons (Fsp3) is 0.381. The van der Waals surface area contributed by atoms with Crippen LogP contribution in [-0.2, 0) is 4.79 Å². The number of amides is 1. The SMILES string of the molecule is Cc1cccc(OC(C)(C)C(=O)N2CCN(c3ccc(F)cc3)CC2)c1. The Morgan fingerprint density at radius 2 is 1.69 bits per heavy atom. The lowest BCUT2D eigenvalue weighted by Gasteiger charge is -2.39. The van der Waals surface area contributed by atoms with Crippen molar-refractivity contribution in [1.82, 2.24) is 4.90 Å². The lowest BCUT2D eigenvalue weighted by molar-refractivity contribution is -0.145. The molecule has 0 aromatic heterocycles. The van der Waals surface area contributed by atoms with Crippen LogP contribution in [0.15, 0.2) is 48.5 Å². The van der Waals surface area contributed by atoms with E-state index in [1.165, 1.54) is 12.1 Å². The van der Waals surface area contributed by atoms with Gasteiger partial charge in [0.2, 0.25) is 0 Å². The summed E-state index contributed by atoms with van der Waals surface area (Å²) in [5.74, 6) is 0.448. The Morgan fingerprint density at radius 1 is 1.04 bits per heavy atom. The van der Waals surface area contributed by atoms with Crippen molar-refractivity contribution in [2.45, 2.75) is 26.4 Å². The highest BCUT2D eigenvalue weighted by Crippen LogP contribution is 2.23. The maximum atomic E-state index is 13.1. The number of hydrogen-bond acceptors (Lipinski definition) is 3. The highest BCUT2D eigenvalue weighted by molar-refractivity contribution is 5.85. The topological polar surface area (TPSA) is 32.8 Å². The molecular weight excluding hydrogens is 331 g/mol. The van der Waals surface area contributed by atoms with Crippen LogP contribution in [0.3, 0.4) is 0 Å². The fourth-order valence-corrected chi connectivity index (χ4v) is 3.22. The van der Waals surface area contributed by atoms with E-state index in [1.54, 1.807) is 12.1 Å². The molecule has 0 N–H and O–H groups in total. The van der Waals surface area contributed by atoms with Gasteiger partial charge in [-0.05, 0) is 62.7 Å². The van der Waals surface area contributed by atoms with E-state index in [2.05, 4.69) is 4.90 Å². The summed E-state index contributed by atoms with van der Waals surface area (Å²) < 4.78 is 19.0. The zero-order chi connectivity index (χ0) is 18.7. The first-order valence-electron chi connectivity index (χ1n) is 8.91. The predicted octanol–water partition coefficient (Wildman–Crippen LogP) is 3.64. The summed E-state index contributed by atoms with van der Waals surface area (Å²) in [4.78, 5) is 16.9. The largest absolute Gasteiger partial charge is 0.478 e. The molecule has 1 heterocycles. The molecule has 138 valence electrons. The Labute approximate surface area is 154 Å². The van der Waals surface area contributed by atoms with Gasteiger partial charge >= 0.3 is 0 Å². The second kappa shape index (κ2) is 7.36. The van der Waals surface area contributed by atoms with Gasteiger partial charge in [0.15, 0.2) is 5.60 Å². The van der Waals surface area contributed by atoms with Crippen LogP contribution in [-0.4, -0.2) is 42.6 Å². The molecule has 0 unspecified atom stereocenters. The van der Waals surface area contributed by atoms with Gasteiger partial charge < -0.3 is 14.5 Å². The minimum atomic E-state index is -0.925. The predicted molar refractivity (Wildman–Crippen MR) is 101 cm³/mol. The third kappa shape index (κ3) is 4.15. The van der Waals surface area contributed by atoms with Crippen LogP contribution in [0, 0.1) is 12.7 Å². The van der Waals surface area contributed by atoms with Crippen molar-refractivity contribution in [1.29, 1.82) is 0 Å². The van der Waals surface area contributed by atoms with Gasteiger partial charge in [-0.1, -0.05) is 12.1 Å². The van der Waals surface area contributed by atoms with Crippen LogP contribution >= 0.6 is 0 Å². The van der Waals surface area contributed by atoms with Gasteiger partial charge in [-0.2, -0.15) is 0 Å². The van der Waals surface area contributed by atoms with Gasteiger partial charge in [0.25, 0.3) is 5.91 Å². The third-order valence-corrected chi connectivity index (χ3v) is 4.64. The molecule has 2 aromatic carbocycles. The average Bonchev–Trinajstić information content (AvgIpc) is 2.61. The van der Waals surface area contributed by atoms with Crippen LogP contribution in [0.1, 0.15) is 19.4 Å². The molecule has 1 aliphatic heterocycles. The fourth-order valence-electron chi connectivity index (χ4n) is 3.22. The van der Waals surface area contributed by atoms with Crippen molar-refractivity contribution in [3.05, 3.63) is 59.9 Å². The Kier molecular flexibility index (Phi) is 5.16. The second-order valence-electron chi connectivity index (χ2n) is 7.18. The monoisotopic (exact) mass is 356 g/mol. The number of halogens is 1. The molecule has 26 heavy (non-hydrogen) atoms. The quantitative estimate of drug-likeness (QED) is 0.838. The number of carbonyl (C=O) groups is 1. The number of nitrogens with zero attached hydrogens (tertiary/aromatic N) is 2. The van der Waals surface area contributed by atoms with E-state index in [4.69, 9.17) is 4.74 Å². The molecule has 4 nitrogen and oxygen atoms in total. The van der Waals surface area contributed by atoms with Crippen LogP contribution in [0.5, 0.6) is 5.75 Å². The highest BCUT2D eigenvalue weighted by Gasteiger charge is 2.35. The molecular formula is C21H25FN2O2.